The SMILES string of the molecule is CN(C(N)=NCc1cccc(S(=O)(=O)N2CCCCC2)c1)C1CC1.I. The van der Waals surface area contributed by atoms with E-state index in [1.807, 2.05) is 18.0 Å². The zero-order valence-corrected chi connectivity index (χ0v) is 17.7. The zero-order valence-electron chi connectivity index (χ0n) is 14.6. The first-order valence-corrected chi connectivity index (χ1v) is 10.0. The number of aliphatic imine (C=N–C) groups is 1. The van der Waals surface area contributed by atoms with Crippen molar-refractivity contribution in [2.24, 2.45) is 10.7 Å². The Bertz CT molecular complexity index is 713. The summed E-state index contributed by atoms with van der Waals surface area (Å²) in [6.45, 7) is 1.62. The standard InChI is InChI=1S/C17H26N4O2S.HI/c1-20(15-8-9-15)17(18)19-13-14-6-5-7-16(12-14)24(22,23)21-10-3-2-4-11-21;/h5-7,12,15H,2-4,8-11,13H2,1H3,(H2,18,19);1H. The third-order valence-corrected chi connectivity index (χ3v) is 6.63. The highest BCUT2D eigenvalue weighted by Crippen LogP contribution is 2.25. The van der Waals surface area contributed by atoms with E-state index in [0.29, 0.717) is 36.5 Å². The number of guanidine groups is 1. The molecule has 0 spiro atoms. The van der Waals surface area contributed by atoms with Gasteiger partial charge < -0.3 is 10.6 Å². The molecule has 2 fully saturated rings. The smallest absolute Gasteiger partial charge is 0.243 e. The van der Waals surface area contributed by atoms with Crippen molar-refractivity contribution in [3.05, 3.63) is 29.8 Å². The first-order valence-electron chi connectivity index (χ1n) is 8.60. The molecule has 0 radical (unpaired) electrons. The molecule has 1 aliphatic carbocycles. The van der Waals surface area contributed by atoms with Crippen LogP contribution < -0.4 is 5.73 Å². The highest BCUT2D eigenvalue weighted by Gasteiger charge is 2.27. The molecule has 1 aliphatic heterocycles. The van der Waals surface area contributed by atoms with Crippen LogP contribution in [0.5, 0.6) is 0 Å². The summed E-state index contributed by atoms with van der Waals surface area (Å²) in [6.07, 6.45) is 5.31. The van der Waals surface area contributed by atoms with Gasteiger partial charge in [-0.2, -0.15) is 4.31 Å². The van der Waals surface area contributed by atoms with E-state index in [4.69, 9.17) is 5.73 Å². The van der Waals surface area contributed by atoms with E-state index in [1.165, 1.54) is 0 Å². The molecule has 3 rings (SSSR count). The molecule has 1 heterocycles. The third-order valence-electron chi connectivity index (χ3n) is 4.73. The van der Waals surface area contributed by atoms with Crippen LogP contribution in [0.3, 0.4) is 0 Å². The topological polar surface area (TPSA) is 79.0 Å². The zero-order chi connectivity index (χ0) is 17.2. The van der Waals surface area contributed by atoms with Crippen LogP contribution in [0.25, 0.3) is 0 Å². The van der Waals surface area contributed by atoms with E-state index in [1.54, 1.807) is 22.5 Å². The van der Waals surface area contributed by atoms with Crippen molar-refractivity contribution in [3.8, 4) is 0 Å². The van der Waals surface area contributed by atoms with E-state index in [-0.39, 0.29) is 24.0 Å². The maximum atomic E-state index is 12.7. The Morgan fingerprint density at radius 3 is 2.60 bits per heavy atom. The number of hydrogen-bond acceptors (Lipinski definition) is 3. The molecule has 1 aromatic carbocycles. The molecule has 1 saturated heterocycles. The largest absolute Gasteiger partial charge is 0.370 e. The Labute approximate surface area is 167 Å². The van der Waals surface area contributed by atoms with Crippen LogP contribution >= 0.6 is 24.0 Å². The molecule has 1 saturated carbocycles. The van der Waals surface area contributed by atoms with Gasteiger partial charge in [-0.05, 0) is 43.4 Å². The molecular weight excluding hydrogens is 451 g/mol. The van der Waals surface area contributed by atoms with Crippen LogP contribution in [-0.2, 0) is 16.6 Å². The van der Waals surface area contributed by atoms with Crippen molar-refractivity contribution in [3.63, 3.8) is 0 Å². The highest BCUT2D eigenvalue weighted by atomic mass is 127. The Morgan fingerprint density at radius 2 is 1.96 bits per heavy atom. The van der Waals surface area contributed by atoms with Crippen LogP contribution in [-0.4, -0.2) is 49.8 Å². The first kappa shape index (κ1) is 20.4. The molecule has 0 atom stereocenters. The normalized spacial score (nSPS) is 19.3. The van der Waals surface area contributed by atoms with Crippen LogP contribution in [0.1, 0.15) is 37.7 Å². The van der Waals surface area contributed by atoms with E-state index >= 15 is 0 Å². The molecule has 8 heteroatoms. The molecular formula is C17H27IN4O2S. The fourth-order valence-electron chi connectivity index (χ4n) is 2.99. The van der Waals surface area contributed by atoms with Gasteiger partial charge in [0, 0.05) is 26.2 Å². The van der Waals surface area contributed by atoms with Crippen molar-refractivity contribution in [2.45, 2.75) is 49.6 Å². The van der Waals surface area contributed by atoms with Crippen molar-refractivity contribution in [2.75, 3.05) is 20.1 Å². The second-order valence-corrected chi connectivity index (χ2v) is 8.57. The predicted octanol–water partition coefficient (Wildman–Crippen LogP) is 2.39. The van der Waals surface area contributed by atoms with E-state index in [0.717, 1.165) is 37.7 Å². The van der Waals surface area contributed by atoms with Gasteiger partial charge in [0.25, 0.3) is 0 Å². The lowest BCUT2D eigenvalue weighted by Crippen LogP contribution is -2.36. The third kappa shape index (κ3) is 5.07. The van der Waals surface area contributed by atoms with Gasteiger partial charge in [0.2, 0.25) is 10.0 Å². The van der Waals surface area contributed by atoms with Crippen LogP contribution in [0.2, 0.25) is 0 Å². The number of nitrogens with two attached hydrogens (primary N) is 1. The summed E-state index contributed by atoms with van der Waals surface area (Å²) in [7, 11) is -1.45. The molecule has 0 amide bonds. The summed E-state index contributed by atoms with van der Waals surface area (Å²) in [5.74, 6) is 0.516. The van der Waals surface area contributed by atoms with Gasteiger partial charge >= 0.3 is 0 Å². The Hall–Kier alpha value is -0.870. The lowest BCUT2D eigenvalue weighted by molar-refractivity contribution is 0.346. The first-order chi connectivity index (χ1) is 11.5. The van der Waals surface area contributed by atoms with Gasteiger partial charge in [0.1, 0.15) is 0 Å². The summed E-state index contributed by atoms with van der Waals surface area (Å²) in [4.78, 5) is 6.75. The molecule has 1 aromatic rings. The van der Waals surface area contributed by atoms with Crippen molar-refractivity contribution in [1.82, 2.24) is 9.21 Å². The Kier molecular flexibility index (Phi) is 7.10. The fourth-order valence-corrected chi connectivity index (χ4v) is 4.58. The molecule has 2 N–H and O–H groups in total. The molecule has 2 aliphatic rings. The summed E-state index contributed by atoms with van der Waals surface area (Å²) in [5, 5.41) is 0. The molecule has 0 aromatic heterocycles. The molecule has 0 unspecified atom stereocenters. The maximum Gasteiger partial charge on any atom is 0.243 e. The predicted molar refractivity (Wildman–Crippen MR) is 111 cm³/mol. The highest BCUT2D eigenvalue weighted by molar-refractivity contribution is 14.0. The Morgan fingerprint density at radius 1 is 1.28 bits per heavy atom. The fraction of sp³-hybridized carbons (Fsp3) is 0.588. The molecule has 25 heavy (non-hydrogen) atoms. The summed E-state index contributed by atoms with van der Waals surface area (Å²) in [6, 6.07) is 7.57. The molecule has 6 nitrogen and oxygen atoms in total. The lowest BCUT2D eigenvalue weighted by Gasteiger charge is -2.26. The molecule has 140 valence electrons. The number of halogens is 1. The Balaban J connectivity index is 0.00000225. The van der Waals surface area contributed by atoms with Gasteiger partial charge in [0.15, 0.2) is 5.96 Å². The van der Waals surface area contributed by atoms with E-state index in [9.17, 15) is 8.42 Å². The van der Waals surface area contributed by atoms with Crippen LogP contribution in [0, 0.1) is 0 Å². The van der Waals surface area contributed by atoms with Crippen LogP contribution in [0.15, 0.2) is 34.2 Å². The number of hydrogen-bond donors (Lipinski definition) is 1. The minimum atomic E-state index is -3.40. The summed E-state index contributed by atoms with van der Waals surface area (Å²) >= 11 is 0. The number of sulfonamides is 1. The van der Waals surface area contributed by atoms with Gasteiger partial charge in [-0.3, -0.25) is 0 Å². The molecule has 0 bridgehead atoms. The summed E-state index contributed by atoms with van der Waals surface area (Å²) in [5.41, 5.74) is 6.86. The second kappa shape index (κ2) is 8.68. The van der Waals surface area contributed by atoms with Crippen molar-refractivity contribution >= 4 is 40.0 Å². The van der Waals surface area contributed by atoms with Crippen LogP contribution in [0.4, 0.5) is 0 Å². The minimum absolute atomic E-state index is 0. The number of nitrogens with zero attached hydrogens (tertiary/aromatic N) is 3. The van der Waals surface area contributed by atoms with Gasteiger partial charge in [-0.25, -0.2) is 13.4 Å². The van der Waals surface area contributed by atoms with E-state index in [2.05, 4.69) is 4.99 Å². The average Bonchev–Trinajstić information content (AvgIpc) is 3.45. The quantitative estimate of drug-likeness (QED) is 0.401. The average molecular weight is 478 g/mol. The van der Waals surface area contributed by atoms with Crippen molar-refractivity contribution < 1.29 is 8.42 Å². The van der Waals surface area contributed by atoms with Gasteiger partial charge in [0.05, 0.1) is 11.4 Å². The number of benzene rings is 1. The second-order valence-electron chi connectivity index (χ2n) is 6.63. The monoisotopic (exact) mass is 478 g/mol. The number of rotatable bonds is 5. The maximum absolute atomic E-state index is 12.7. The minimum Gasteiger partial charge on any atom is -0.370 e. The van der Waals surface area contributed by atoms with Gasteiger partial charge in [-0.15, -0.1) is 24.0 Å². The van der Waals surface area contributed by atoms with Gasteiger partial charge in [-0.1, -0.05) is 18.6 Å². The lowest BCUT2D eigenvalue weighted by atomic mass is 10.2. The number of piperidine rings is 1. The van der Waals surface area contributed by atoms with Crippen molar-refractivity contribution in [1.29, 1.82) is 0 Å². The summed E-state index contributed by atoms with van der Waals surface area (Å²) < 4.78 is 27.1. The van der Waals surface area contributed by atoms with E-state index < -0.39 is 10.0 Å².